The minimum Gasteiger partial charge on any atom is -0.299 e. The van der Waals surface area contributed by atoms with Gasteiger partial charge in [-0.2, -0.15) is 5.26 Å². The summed E-state index contributed by atoms with van der Waals surface area (Å²) in [6.45, 7) is 9.37. The maximum absolute atomic E-state index is 8.85. The normalized spacial score (nSPS) is 17.0. The molecule has 0 N–H and O–H groups in total. The molecule has 2 nitrogen and oxygen atoms in total. The van der Waals surface area contributed by atoms with Crippen molar-refractivity contribution >= 4 is 0 Å². The second kappa shape index (κ2) is 8.50. The van der Waals surface area contributed by atoms with Gasteiger partial charge >= 0.3 is 0 Å². The van der Waals surface area contributed by atoms with Crippen LogP contribution in [-0.2, 0) is 6.54 Å². The van der Waals surface area contributed by atoms with Gasteiger partial charge < -0.3 is 0 Å². The van der Waals surface area contributed by atoms with Crippen molar-refractivity contribution in [3.8, 4) is 18.4 Å². The molecule has 21 heavy (non-hydrogen) atoms. The van der Waals surface area contributed by atoms with E-state index in [9.17, 15) is 0 Å². The maximum atomic E-state index is 8.85. The molecular formula is C19H26N2. The number of terminal acetylenes is 1. The van der Waals surface area contributed by atoms with Gasteiger partial charge in [-0.15, -0.1) is 6.42 Å². The summed E-state index contributed by atoms with van der Waals surface area (Å²) in [5, 5.41) is 8.85. The third kappa shape index (κ3) is 5.25. The van der Waals surface area contributed by atoms with Gasteiger partial charge in [0.15, 0.2) is 0 Å². The van der Waals surface area contributed by atoms with E-state index in [1.807, 2.05) is 26.0 Å². The Morgan fingerprint density at radius 2 is 1.76 bits per heavy atom. The molecule has 0 spiro atoms. The summed E-state index contributed by atoms with van der Waals surface area (Å²) in [5.41, 5.74) is 2.46. The third-order valence-electron chi connectivity index (χ3n) is 4.10. The molecule has 1 saturated heterocycles. The molecule has 0 radical (unpaired) electrons. The van der Waals surface area contributed by atoms with Crippen molar-refractivity contribution in [3.63, 3.8) is 0 Å². The van der Waals surface area contributed by atoms with Gasteiger partial charge in [0.1, 0.15) is 0 Å². The highest BCUT2D eigenvalue weighted by molar-refractivity contribution is 5.34. The van der Waals surface area contributed by atoms with E-state index in [4.69, 9.17) is 11.7 Å². The fraction of sp³-hybridized carbons (Fsp3) is 0.526. The zero-order valence-electron chi connectivity index (χ0n) is 13.5. The molecule has 1 aromatic carbocycles. The summed E-state index contributed by atoms with van der Waals surface area (Å²) in [6.07, 6.45) is 8.26. The molecule has 1 aliphatic heterocycles. The molecule has 2 heteroatoms. The minimum atomic E-state index is 0.221. The molecule has 0 aromatic heterocycles. The minimum absolute atomic E-state index is 0.221. The van der Waals surface area contributed by atoms with Gasteiger partial charge in [0.2, 0.25) is 0 Å². The molecule has 0 unspecified atom stereocenters. The third-order valence-corrected chi connectivity index (χ3v) is 4.10. The first-order chi connectivity index (χ1) is 10.1. The number of rotatable bonds is 3. The van der Waals surface area contributed by atoms with Gasteiger partial charge in [-0.3, -0.25) is 4.90 Å². The molecule has 0 aliphatic carbocycles. The van der Waals surface area contributed by atoms with E-state index >= 15 is 0 Å². The Morgan fingerprint density at radius 3 is 2.24 bits per heavy atom. The van der Waals surface area contributed by atoms with Crippen LogP contribution < -0.4 is 0 Å². The van der Waals surface area contributed by atoms with Crippen molar-refractivity contribution in [2.24, 2.45) is 5.41 Å². The lowest BCUT2D eigenvalue weighted by Crippen LogP contribution is -2.38. The lowest BCUT2D eigenvalue weighted by atomic mass is 9.78. The van der Waals surface area contributed by atoms with Gasteiger partial charge in [0.25, 0.3) is 0 Å². The summed E-state index contributed by atoms with van der Waals surface area (Å²) >= 11 is 0. The number of likely N-dealkylation sites (tertiary alicyclic amines) is 1. The van der Waals surface area contributed by atoms with Gasteiger partial charge in [0.05, 0.1) is 6.07 Å². The molecule has 1 aromatic rings. The lowest BCUT2D eigenvalue weighted by Gasteiger charge is -2.38. The Kier molecular flexibility index (Phi) is 7.00. The molecule has 0 atom stereocenters. The van der Waals surface area contributed by atoms with Gasteiger partial charge in [0, 0.05) is 18.5 Å². The highest BCUT2D eigenvalue weighted by Gasteiger charge is 2.29. The van der Waals surface area contributed by atoms with Crippen molar-refractivity contribution in [3.05, 3.63) is 35.4 Å². The molecule has 1 aliphatic rings. The Labute approximate surface area is 129 Å². The van der Waals surface area contributed by atoms with Crippen LogP contribution in [0.5, 0.6) is 0 Å². The number of hydrogen-bond acceptors (Lipinski definition) is 2. The predicted octanol–water partition coefficient (Wildman–Crippen LogP) is 4.21. The molecule has 1 heterocycles. The Bertz CT molecular complexity index is 494. The number of benzene rings is 1. The fourth-order valence-electron chi connectivity index (χ4n) is 2.58. The van der Waals surface area contributed by atoms with Gasteiger partial charge in [-0.05, 0) is 49.0 Å². The predicted molar refractivity (Wildman–Crippen MR) is 88.6 cm³/mol. The van der Waals surface area contributed by atoms with E-state index in [1.54, 1.807) is 0 Å². The zero-order valence-corrected chi connectivity index (χ0v) is 13.5. The van der Waals surface area contributed by atoms with Crippen LogP contribution in [0, 0.1) is 29.1 Å². The van der Waals surface area contributed by atoms with E-state index in [-0.39, 0.29) is 5.41 Å². The van der Waals surface area contributed by atoms with Gasteiger partial charge in [-0.25, -0.2) is 0 Å². The number of nitrogens with zero attached hydrogens (tertiary/aromatic N) is 2. The fourth-order valence-corrected chi connectivity index (χ4v) is 2.58. The highest BCUT2D eigenvalue weighted by Crippen LogP contribution is 2.34. The van der Waals surface area contributed by atoms with E-state index in [2.05, 4.69) is 35.9 Å². The average molecular weight is 282 g/mol. The molecule has 1 fully saturated rings. The molecule has 0 saturated carbocycles. The monoisotopic (exact) mass is 282 g/mol. The Morgan fingerprint density at radius 1 is 1.19 bits per heavy atom. The molecular weight excluding hydrogens is 256 g/mol. The quantitative estimate of drug-likeness (QED) is 0.776. The Balaban J connectivity index is 0.00000106. The SMILES string of the molecule is C#Cc1ccc(CN2CCC(C)(CC#N)CC2)cc1.CC. The first-order valence-electron chi connectivity index (χ1n) is 7.80. The van der Waals surface area contributed by atoms with Crippen LogP contribution in [-0.4, -0.2) is 18.0 Å². The zero-order chi connectivity index (χ0) is 15.7. The van der Waals surface area contributed by atoms with Crippen molar-refractivity contribution in [1.82, 2.24) is 4.90 Å². The second-order valence-corrected chi connectivity index (χ2v) is 5.76. The van der Waals surface area contributed by atoms with Crippen molar-refractivity contribution in [2.45, 2.75) is 46.6 Å². The number of hydrogen-bond donors (Lipinski definition) is 0. The summed E-state index contributed by atoms with van der Waals surface area (Å²) < 4.78 is 0. The van der Waals surface area contributed by atoms with Crippen LogP contribution in [0.3, 0.4) is 0 Å². The number of piperidine rings is 1. The summed E-state index contributed by atoms with van der Waals surface area (Å²) in [6, 6.07) is 10.5. The maximum Gasteiger partial charge on any atom is 0.0627 e. The van der Waals surface area contributed by atoms with Crippen molar-refractivity contribution in [2.75, 3.05) is 13.1 Å². The highest BCUT2D eigenvalue weighted by atomic mass is 15.1. The van der Waals surface area contributed by atoms with E-state index in [1.165, 1.54) is 5.56 Å². The van der Waals surface area contributed by atoms with Crippen LogP contribution in [0.4, 0.5) is 0 Å². The Hall–Kier alpha value is -1.77. The van der Waals surface area contributed by atoms with E-state index in [0.29, 0.717) is 6.42 Å². The van der Waals surface area contributed by atoms with E-state index in [0.717, 1.165) is 38.0 Å². The van der Waals surface area contributed by atoms with Crippen LogP contribution in [0.25, 0.3) is 0 Å². The van der Waals surface area contributed by atoms with Crippen LogP contribution in [0.1, 0.15) is 51.2 Å². The van der Waals surface area contributed by atoms with Crippen molar-refractivity contribution < 1.29 is 0 Å². The summed E-state index contributed by atoms with van der Waals surface area (Å²) in [5.74, 6) is 2.64. The first kappa shape index (κ1) is 17.3. The largest absolute Gasteiger partial charge is 0.299 e. The second-order valence-electron chi connectivity index (χ2n) is 5.76. The standard InChI is InChI=1S/C17H20N2.C2H6/c1-3-15-4-6-16(7-5-15)14-19-12-9-17(2,8-11-18)10-13-19;1-2/h1,4-7H,8-10,12-14H2,2H3;1-2H3. The molecule has 0 amide bonds. The molecule has 2 rings (SSSR count). The summed E-state index contributed by atoms with van der Waals surface area (Å²) in [7, 11) is 0. The smallest absolute Gasteiger partial charge is 0.0627 e. The van der Waals surface area contributed by atoms with Crippen LogP contribution >= 0.6 is 0 Å². The van der Waals surface area contributed by atoms with Gasteiger partial charge in [-0.1, -0.05) is 38.8 Å². The summed E-state index contributed by atoms with van der Waals surface area (Å²) in [4.78, 5) is 2.46. The topological polar surface area (TPSA) is 27.0 Å². The number of nitriles is 1. The van der Waals surface area contributed by atoms with Crippen LogP contribution in [0.2, 0.25) is 0 Å². The van der Waals surface area contributed by atoms with Crippen molar-refractivity contribution in [1.29, 1.82) is 5.26 Å². The van der Waals surface area contributed by atoms with Crippen LogP contribution in [0.15, 0.2) is 24.3 Å². The van der Waals surface area contributed by atoms with E-state index < -0.39 is 0 Å². The molecule has 112 valence electrons. The average Bonchev–Trinajstić information content (AvgIpc) is 2.53. The molecule has 0 bridgehead atoms. The lowest BCUT2D eigenvalue weighted by molar-refractivity contribution is 0.116. The first-order valence-corrected chi connectivity index (χ1v) is 7.80.